The second-order valence-corrected chi connectivity index (χ2v) is 1.97. The summed E-state index contributed by atoms with van der Waals surface area (Å²) in [4.78, 5) is 1.90. The van der Waals surface area contributed by atoms with Crippen molar-refractivity contribution < 1.29 is 14.2 Å². The van der Waals surface area contributed by atoms with Gasteiger partial charge < -0.3 is 14.2 Å². The highest BCUT2D eigenvalue weighted by Gasteiger charge is 2.15. The molecule has 0 aromatic rings. The van der Waals surface area contributed by atoms with Crippen molar-refractivity contribution in [1.82, 2.24) is 4.90 Å². The van der Waals surface area contributed by atoms with E-state index in [9.17, 15) is 0 Å². The van der Waals surface area contributed by atoms with Crippen LogP contribution in [0.25, 0.3) is 0 Å². The molecule has 9 heavy (non-hydrogen) atoms. The van der Waals surface area contributed by atoms with Crippen molar-refractivity contribution in [3.05, 3.63) is 0 Å². The van der Waals surface area contributed by atoms with E-state index in [1.165, 1.54) is 0 Å². The lowest BCUT2D eigenvalue weighted by atomic mass is 10.8. The van der Waals surface area contributed by atoms with Gasteiger partial charge in [-0.1, -0.05) is 0 Å². The summed E-state index contributed by atoms with van der Waals surface area (Å²) >= 11 is 0. The van der Waals surface area contributed by atoms with Crippen molar-refractivity contribution >= 4 is 0 Å². The predicted molar refractivity (Wildman–Crippen MR) is 30.5 cm³/mol. The molecule has 0 unspecified atom stereocenters. The van der Waals surface area contributed by atoms with Gasteiger partial charge in [0.05, 0.1) is 0 Å². The minimum absolute atomic E-state index is 0.471. The van der Waals surface area contributed by atoms with Gasteiger partial charge in [0.25, 0.3) is 6.48 Å². The molecule has 0 aliphatic carbocycles. The molecule has 0 amide bonds. The van der Waals surface area contributed by atoms with E-state index in [4.69, 9.17) is 14.2 Å². The normalized spacial score (nSPS) is 24.7. The Labute approximate surface area is 54.3 Å². The first-order chi connectivity index (χ1) is 4.33. The molecule has 0 N–H and O–H groups in total. The largest absolute Gasteiger partial charge is 0.333 e. The number of nitrogens with zero attached hydrogens (tertiary/aromatic N) is 1. The maximum absolute atomic E-state index is 5.02. The monoisotopic (exact) mass is 133 g/mol. The first-order valence-electron chi connectivity index (χ1n) is 2.77. The number of hydrogen-bond donors (Lipinski definition) is 0. The topological polar surface area (TPSA) is 30.9 Å². The molecule has 4 nitrogen and oxygen atoms in total. The molecule has 0 bridgehead atoms. The average Bonchev–Trinajstić information content (AvgIpc) is 1.90. The second-order valence-electron chi connectivity index (χ2n) is 1.97. The first-order valence-corrected chi connectivity index (χ1v) is 2.77. The Morgan fingerprint density at radius 1 is 1.44 bits per heavy atom. The highest BCUT2D eigenvalue weighted by Crippen LogP contribution is 2.03. The smallest absolute Gasteiger partial charge is 0.273 e. The van der Waals surface area contributed by atoms with Gasteiger partial charge in [-0.05, 0) is 7.05 Å². The summed E-state index contributed by atoms with van der Waals surface area (Å²) in [5.41, 5.74) is 0. The molecule has 0 aromatic heterocycles. The van der Waals surface area contributed by atoms with Crippen molar-refractivity contribution in [2.45, 2.75) is 6.48 Å². The van der Waals surface area contributed by atoms with E-state index in [0.29, 0.717) is 13.5 Å². The third-order valence-electron chi connectivity index (χ3n) is 1.05. The number of hydrogen-bond acceptors (Lipinski definition) is 4. The Kier molecular flexibility index (Phi) is 2.41. The van der Waals surface area contributed by atoms with Crippen molar-refractivity contribution in [2.24, 2.45) is 0 Å². The number of rotatable bonds is 1. The summed E-state index contributed by atoms with van der Waals surface area (Å²) in [6, 6.07) is 0. The fourth-order valence-electron chi connectivity index (χ4n) is 0.598. The van der Waals surface area contributed by atoms with Gasteiger partial charge >= 0.3 is 0 Å². The van der Waals surface area contributed by atoms with Crippen LogP contribution in [0.2, 0.25) is 0 Å². The maximum atomic E-state index is 5.02. The van der Waals surface area contributed by atoms with Crippen molar-refractivity contribution in [1.29, 1.82) is 0 Å². The molecule has 0 aromatic carbocycles. The fraction of sp³-hybridized carbons (Fsp3) is 1.00. The van der Waals surface area contributed by atoms with Crippen LogP contribution in [0.15, 0.2) is 0 Å². The second kappa shape index (κ2) is 3.12. The first kappa shape index (κ1) is 6.95. The van der Waals surface area contributed by atoms with Crippen molar-refractivity contribution in [2.75, 3.05) is 27.6 Å². The van der Waals surface area contributed by atoms with E-state index >= 15 is 0 Å². The Balaban J connectivity index is 2.18. The predicted octanol–water partition coefficient (Wildman–Crippen LogP) is -0.190. The molecule has 1 aliphatic rings. The van der Waals surface area contributed by atoms with E-state index in [-0.39, 0.29) is 0 Å². The van der Waals surface area contributed by atoms with Gasteiger partial charge in [-0.2, -0.15) is 0 Å². The minimum Gasteiger partial charge on any atom is -0.333 e. The molecule has 1 heterocycles. The van der Waals surface area contributed by atoms with E-state index in [0.717, 1.165) is 0 Å². The van der Waals surface area contributed by atoms with Crippen LogP contribution in [0.4, 0.5) is 0 Å². The van der Waals surface area contributed by atoms with Crippen LogP contribution in [-0.4, -0.2) is 39.0 Å². The zero-order valence-electron chi connectivity index (χ0n) is 5.66. The lowest BCUT2D eigenvalue weighted by molar-refractivity contribution is -0.337. The average molecular weight is 133 g/mol. The molecule has 0 spiro atoms. The van der Waals surface area contributed by atoms with E-state index in [1.54, 1.807) is 7.11 Å². The summed E-state index contributed by atoms with van der Waals surface area (Å²) < 4.78 is 14.8. The Morgan fingerprint density at radius 2 is 2.00 bits per heavy atom. The summed E-state index contributed by atoms with van der Waals surface area (Å²) in [5.74, 6) is 0. The van der Waals surface area contributed by atoms with Gasteiger partial charge in [0, 0.05) is 7.11 Å². The van der Waals surface area contributed by atoms with E-state index in [1.807, 2.05) is 11.9 Å². The van der Waals surface area contributed by atoms with Gasteiger partial charge in [0.2, 0.25) is 0 Å². The van der Waals surface area contributed by atoms with Crippen molar-refractivity contribution in [3.8, 4) is 0 Å². The molecule has 54 valence electrons. The molecule has 1 aliphatic heterocycles. The van der Waals surface area contributed by atoms with Gasteiger partial charge in [0.1, 0.15) is 13.5 Å². The SMILES string of the molecule is COC1OCN(C)CO1. The highest BCUT2D eigenvalue weighted by molar-refractivity contribution is 4.38. The van der Waals surface area contributed by atoms with Crippen LogP contribution >= 0.6 is 0 Å². The van der Waals surface area contributed by atoms with Crippen LogP contribution in [0, 0.1) is 0 Å². The number of ether oxygens (including phenoxy) is 3. The zero-order valence-corrected chi connectivity index (χ0v) is 5.66. The molecule has 0 atom stereocenters. The van der Waals surface area contributed by atoms with Gasteiger partial charge in [-0.25, -0.2) is 0 Å². The fourth-order valence-corrected chi connectivity index (χ4v) is 0.598. The molecule has 4 heteroatoms. The van der Waals surface area contributed by atoms with Crippen LogP contribution in [0.3, 0.4) is 0 Å². The Bertz CT molecular complexity index is 80.3. The molecule has 0 radical (unpaired) electrons. The summed E-state index contributed by atoms with van der Waals surface area (Å²) in [6.07, 6.45) is 0. The van der Waals surface area contributed by atoms with E-state index < -0.39 is 6.48 Å². The maximum Gasteiger partial charge on any atom is 0.273 e. The van der Waals surface area contributed by atoms with Gasteiger partial charge in [0.15, 0.2) is 0 Å². The molecular weight excluding hydrogens is 122 g/mol. The van der Waals surface area contributed by atoms with Gasteiger partial charge in [-0.15, -0.1) is 0 Å². The van der Waals surface area contributed by atoms with Gasteiger partial charge in [-0.3, -0.25) is 4.90 Å². The summed E-state index contributed by atoms with van der Waals surface area (Å²) in [7, 11) is 3.46. The van der Waals surface area contributed by atoms with Crippen LogP contribution < -0.4 is 0 Å². The zero-order chi connectivity index (χ0) is 6.69. The third-order valence-corrected chi connectivity index (χ3v) is 1.05. The summed E-state index contributed by atoms with van der Waals surface area (Å²) in [5, 5.41) is 0. The molecule has 1 saturated heterocycles. The third kappa shape index (κ3) is 1.91. The summed E-state index contributed by atoms with van der Waals surface area (Å²) in [6.45, 7) is 0.665. The number of methoxy groups -OCH3 is 1. The highest BCUT2D eigenvalue weighted by atomic mass is 16.9. The van der Waals surface area contributed by atoms with Crippen molar-refractivity contribution in [3.63, 3.8) is 0 Å². The lowest BCUT2D eigenvalue weighted by Gasteiger charge is -2.27. The molecule has 1 rings (SSSR count). The lowest BCUT2D eigenvalue weighted by Crippen LogP contribution is -2.38. The quantitative estimate of drug-likeness (QED) is 0.496. The van der Waals surface area contributed by atoms with Crippen LogP contribution in [0.1, 0.15) is 0 Å². The molecule has 0 saturated carbocycles. The van der Waals surface area contributed by atoms with E-state index in [2.05, 4.69) is 0 Å². The minimum atomic E-state index is -0.471. The standard InChI is InChI=1S/C5H11NO3/c1-6-3-8-5(7-2)9-4-6/h5H,3-4H2,1-2H3. The Morgan fingerprint density at radius 3 is 2.44 bits per heavy atom. The van der Waals surface area contributed by atoms with Crippen LogP contribution in [-0.2, 0) is 14.2 Å². The Hall–Kier alpha value is -0.160. The van der Waals surface area contributed by atoms with Crippen LogP contribution in [0.5, 0.6) is 0 Å². The molecular formula is C5H11NO3. The molecule has 1 fully saturated rings.